The van der Waals surface area contributed by atoms with Crippen molar-refractivity contribution in [3.05, 3.63) is 66.0 Å². The Balaban J connectivity index is 1.74. The van der Waals surface area contributed by atoms with E-state index in [-0.39, 0.29) is 6.04 Å². The first-order valence-electron chi connectivity index (χ1n) is 10.3. The summed E-state index contributed by atoms with van der Waals surface area (Å²) < 4.78 is 24.3. The molecule has 1 atom stereocenters. The van der Waals surface area contributed by atoms with Crippen LogP contribution in [0, 0.1) is 0 Å². The van der Waals surface area contributed by atoms with Crippen molar-refractivity contribution in [3.63, 3.8) is 0 Å². The Morgan fingerprint density at radius 3 is 2.31 bits per heavy atom. The van der Waals surface area contributed by atoms with Crippen molar-refractivity contribution in [2.24, 2.45) is 0 Å². The van der Waals surface area contributed by atoms with Crippen molar-refractivity contribution < 1.29 is 18.9 Å². The molecule has 7 nitrogen and oxygen atoms in total. The fourth-order valence-corrected chi connectivity index (χ4v) is 4.42. The Morgan fingerprint density at radius 2 is 1.66 bits per heavy atom. The number of ether oxygens (including phenoxy) is 4. The molecule has 32 heavy (non-hydrogen) atoms. The van der Waals surface area contributed by atoms with E-state index < -0.39 is 0 Å². The van der Waals surface area contributed by atoms with E-state index in [1.807, 2.05) is 36.4 Å². The molecule has 0 saturated carbocycles. The lowest BCUT2D eigenvalue weighted by Gasteiger charge is -2.39. The van der Waals surface area contributed by atoms with Crippen molar-refractivity contribution >= 4 is 23.0 Å². The predicted molar refractivity (Wildman–Crippen MR) is 128 cm³/mol. The number of nitrogens with zero attached hydrogens (tertiary/aromatic N) is 2. The molecular weight excluding hydrogens is 426 g/mol. The molecule has 1 aliphatic rings. The zero-order valence-electron chi connectivity index (χ0n) is 18.6. The van der Waals surface area contributed by atoms with E-state index in [9.17, 15) is 0 Å². The second kappa shape index (κ2) is 9.40. The summed E-state index contributed by atoms with van der Waals surface area (Å²) in [7, 11) is 6.50. The molecule has 0 amide bonds. The van der Waals surface area contributed by atoms with Crippen LogP contribution in [0.1, 0.15) is 17.3 Å². The highest BCUT2D eigenvalue weighted by atomic mass is 32.1. The number of hydrogen-bond acceptors (Lipinski definition) is 5. The number of benzene rings is 2. The van der Waals surface area contributed by atoms with Crippen LogP contribution in [-0.2, 0) is 6.54 Å². The Morgan fingerprint density at radius 1 is 0.906 bits per heavy atom. The minimum Gasteiger partial charge on any atom is -0.497 e. The molecule has 2 aromatic carbocycles. The molecule has 0 fully saturated rings. The molecule has 168 valence electrons. The van der Waals surface area contributed by atoms with E-state index in [4.69, 9.17) is 31.2 Å². The van der Waals surface area contributed by atoms with E-state index in [2.05, 4.69) is 33.1 Å². The second-order valence-electron chi connectivity index (χ2n) is 7.34. The van der Waals surface area contributed by atoms with Crippen LogP contribution in [0.15, 0.2) is 54.7 Å². The minimum atomic E-state index is -0.127. The quantitative estimate of drug-likeness (QED) is 0.558. The maximum Gasteiger partial charge on any atom is 0.203 e. The Bertz CT molecular complexity index is 1090. The fraction of sp³-hybridized carbons (Fsp3) is 0.292. The molecule has 1 unspecified atom stereocenters. The molecule has 2 heterocycles. The van der Waals surface area contributed by atoms with E-state index in [1.54, 1.807) is 28.4 Å². The average molecular weight is 454 g/mol. The number of aromatic nitrogens is 1. The molecule has 0 bridgehead atoms. The lowest BCUT2D eigenvalue weighted by Crippen LogP contribution is -2.44. The van der Waals surface area contributed by atoms with Gasteiger partial charge < -0.3 is 33.7 Å². The normalized spacial score (nSPS) is 15.0. The van der Waals surface area contributed by atoms with Gasteiger partial charge in [-0.1, -0.05) is 6.07 Å². The zero-order chi connectivity index (χ0) is 22.7. The number of anilines is 1. The molecular formula is C24H27N3O4S. The maximum atomic E-state index is 5.86. The summed E-state index contributed by atoms with van der Waals surface area (Å²) in [5, 5.41) is 4.00. The zero-order valence-corrected chi connectivity index (χ0v) is 19.4. The standard InChI is InChI=1S/C24H27N3O4S/c1-28-18-8-5-7-17(15-18)25-24(32)27-12-11-26-10-6-9-19(26)22(27)16-13-20(29-2)23(31-4)21(14-16)30-3/h5-10,13-15,22H,11-12H2,1-4H3,(H,25,32). The summed E-state index contributed by atoms with van der Waals surface area (Å²) in [6, 6.07) is 15.7. The smallest absolute Gasteiger partial charge is 0.203 e. The van der Waals surface area contributed by atoms with Gasteiger partial charge >= 0.3 is 0 Å². The van der Waals surface area contributed by atoms with Gasteiger partial charge in [-0.2, -0.15) is 0 Å². The molecule has 1 N–H and O–H groups in total. The maximum absolute atomic E-state index is 5.86. The molecule has 0 aliphatic carbocycles. The highest BCUT2D eigenvalue weighted by Crippen LogP contribution is 2.43. The Labute approximate surface area is 193 Å². The van der Waals surface area contributed by atoms with Crippen LogP contribution in [0.25, 0.3) is 0 Å². The lowest BCUT2D eigenvalue weighted by atomic mass is 9.99. The summed E-state index contributed by atoms with van der Waals surface area (Å²) in [6.45, 7) is 1.59. The van der Waals surface area contributed by atoms with Gasteiger partial charge in [-0.05, 0) is 54.2 Å². The van der Waals surface area contributed by atoms with E-state index in [0.29, 0.717) is 22.4 Å². The Kier molecular flexibility index (Phi) is 6.41. The second-order valence-corrected chi connectivity index (χ2v) is 7.73. The number of rotatable bonds is 6. The van der Waals surface area contributed by atoms with E-state index in [1.165, 1.54) is 0 Å². The topological polar surface area (TPSA) is 57.1 Å². The van der Waals surface area contributed by atoms with E-state index in [0.717, 1.165) is 35.8 Å². The first kappa shape index (κ1) is 21.8. The van der Waals surface area contributed by atoms with Crippen LogP contribution < -0.4 is 24.3 Å². The molecule has 1 aliphatic heterocycles. The van der Waals surface area contributed by atoms with Gasteiger partial charge in [-0.3, -0.25) is 0 Å². The predicted octanol–water partition coefficient (Wildman–Crippen LogP) is 4.32. The lowest BCUT2D eigenvalue weighted by molar-refractivity contribution is 0.288. The number of thiocarbonyl (C=S) groups is 1. The van der Waals surface area contributed by atoms with E-state index >= 15 is 0 Å². The van der Waals surface area contributed by atoms with Crippen LogP contribution in [-0.4, -0.2) is 49.6 Å². The minimum absolute atomic E-state index is 0.127. The third-order valence-corrected chi connectivity index (χ3v) is 5.96. The van der Waals surface area contributed by atoms with Gasteiger partial charge in [0.05, 0.1) is 34.5 Å². The summed E-state index contributed by atoms with van der Waals surface area (Å²) in [5.41, 5.74) is 3.01. The van der Waals surface area contributed by atoms with Crippen LogP contribution in [0.2, 0.25) is 0 Å². The first-order valence-corrected chi connectivity index (χ1v) is 10.7. The van der Waals surface area contributed by atoms with Crippen molar-refractivity contribution in [2.75, 3.05) is 40.3 Å². The molecule has 0 saturated heterocycles. The fourth-order valence-electron chi connectivity index (χ4n) is 4.11. The van der Waals surface area contributed by atoms with Crippen molar-refractivity contribution in [1.29, 1.82) is 0 Å². The number of hydrogen-bond donors (Lipinski definition) is 1. The van der Waals surface area contributed by atoms with Gasteiger partial charge in [0.25, 0.3) is 0 Å². The molecule has 3 aromatic rings. The largest absolute Gasteiger partial charge is 0.497 e. The summed E-state index contributed by atoms with van der Waals surface area (Å²) in [5.74, 6) is 2.55. The number of nitrogens with one attached hydrogen (secondary N) is 1. The third kappa shape index (κ3) is 4.05. The first-order chi connectivity index (χ1) is 15.6. The Hall–Kier alpha value is -3.39. The van der Waals surface area contributed by atoms with Crippen molar-refractivity contribution in [2.45, 2.75) is 12.6 Å². The van der Waals surface area contributed by atoms with Crippen LogP contribution >= 0.6 is 12.2 Å². The van der Waals surface area contributed by atoms with Crippen molar-refractivity contribution in [3.8, 4) is 23.0 Å². The van der Waals surface area contributed by atoms with Crippen LogP contribution in [0.5, 0.6) is 23.0 Å². The molecule has 4 rings (SSSR count). The summed E-state index contributed by atoms with van der Waals surface area (Å²) in [6.07, 6.45) is 2.09. The van der Waals surface area contributed by atoms with Gasteiger partial charge in [0.2, 0.25) is 5.75 Å². The van der Waals surface area contributed by atoms with Gasteiger partial charge in [0, 0.05) is 36.7 Å². The number of methoxy groups -OCH3 is 4. The van der Waals surface area contributed by atoms with Gasteiger partial charge in [0.1, 0.15) is 5.75 Å². The molecule has 8 heteroatoms. The van der Waals surface area contributed by atoms with Crippen LogP contribution in [0.3, 0.4) is 0 Å². The highest BCUT2D eigenvalue weighted by Gasteiger charge is 2.32. The summed E-state index contributed by atoms with van der Waals surface area (Å²) >= 11 is 5.86. The van der Waals surface area contributed by atoms with Gasteiger partial charge in [0.15, 0.2) is 16.6 Å². The summed E-state index contributed by atoms with van der Waals surface area (Å²) in [4.78, 5) is 2.19. The molecule has 0 spiro atoms. The van der Waals surface area contributed by atoms with Crippen LogP contribution in [0.4, 0.5) is 5.69 Å². The molecule has 1 aromatic heterocycles. The monoisotopic (exact) mass is 453 g/mol. The SMILES string of the molecule is COc1cccc(NC(=S)N2CCn3cccc3C2c2cc(OC)c(OC)c(OC)c2)c1. The van der Waals surface area contributed by atoms with Gasteiger partial charge in [-0.25, -0.2) is 0 Å². The van der Waals surface area contributed by atoms with Gasteiger partial charge in [-0.15, -0.1) is 0 Å². The highest BCUT2D eigenvalue weighted by molar-refractivity contribution is 7.80. The van der Waals surface area contributed by atoms with Crippen molar-refractivity contribution in [1.82, 2.24) is 9.47 Å². The third-order valence-electron chi connectivity index (χ3n) is 5.62. The number of fused-ring (bicyclic) bond motifs is 1. The average Bonchev–Trinajstić information content (AvgIpc) is 3.31. The molecule has 0 radical (unpaired) electrons.